The molecule has 0 fully saturated rings. The van der Waals surface area contributed by atoms with Gasteiger partial charge in [-0.25, -0.2) is 4.79 Å². The molecule has 0 aliphatic heterocycles. The zero-order valence-corrected chi connectivity index (χ0v) is 15.0. The van der Waals surface area contributed by atoms with Crippen LogP contribution in [0.1, 0.15) is 61.0 Å². The normalized spacial score (nSPS) is 10.9. The average molecular weight is 330 g/mol. The lowest BCUT2D eigenvalue weighted by Gasteiger charge is -2.02. The van der Waals surface area contributed by atoms with E-state index in [1.165, 1.54) is 24.8 Å². The number of esters is 1. The van der Waals surface area contributed by atoms with Crippen LogP contribution in [0.3, 0.4) is 0 Å². The van der Waals surface area contributed by atoms with Crippen molar-refractivity contribution < 1.29 is 9.53 Å². The van der Waals surface area contributed by atoms with Gasteiger partial charge in [0.05, 0.1) is 12.2 Å². The number of rotatable bonds is 8. The Morgan fingerprint density at radius 1 is 1.04 bits per heavy atom. The van der Waals surface area contributed by atoms with E-state index in [1.807, 2.05) is 25.1 Å². The van der Waals surface area contributed by atoms with E-state index in [9.17, 15) is 4.79 Å². The molecule has 0 unspecified atom stereocenters. The fourth-order valence-corrected chi connectivity index (χ4v) is 3.10. The number of unbranched alkanes of at least 4 members (excludes halogenated alkanes) is 3. The summed E-state index contributed by atoms with van der Waals surface area (Å²) in [7, 11) is 0. The molecule has 0 aromatic heterocycles. The maximum absolute atomic E-state index is 12.3. The largest absolute Gasteiger partial charge is 0.462 e. The Balaban J connectivity index is 2.35. The molecule has 2 rings (SSSR count). The molecule has 0 bridgehead atoms. The number of carbonyl (C=O) groups is 1. The van der Waals surface area contributed by atoms with Gasteiger partial charge in [-0.1, -0.05) is 50.5 Å². The number of fused-ring (bicyclic) bond motifs is 1. The summed E-state index contributed by atoms with van der Waals surface area (Å²) in [6, 6.07) is 10.3. The standard InChI is InChI=1S/C20H26O2S/c1-3-5-6-7-8-16-13-19(20(21)22-4-2)18-12-10-15(14-23)9-11-17(16)18/h9-13,23H,3-8,14H2,1-2H3. The van der Waals surface area contributed by atoms with E-state index in [0.717, 1.165) is 29.5 Å². The fraction of sp³-hybridized carbons (Fsp3) is 0.450. The van der Waals surface area contributed by atoms with E-state index in [4.69, 9.17) is 4.74 Å². The molecule has 0 aromatic carbocycles. The second kappa shape index (κ2) is 8.97. The van der Waals surface area contributed by atoms with Gasteiger partial charge in [0, 0.05) is 5.75 Å². The van der Waals surface area contributed by atoms with Gasteiger partial charge in [-0.2, -0.15) is 12.6 Å². The molecular weight excluding hydrogens is 304 g/mol. The zero-order valence-electron chi connectivity index (χ0n) is 14.1. The highest BCUT2D eigenvalue weighted by molar-refractivity contribution is 7.79. The minimum atomic E-state index is -0.226. The number of ether oxygens (including phenoxy) is 1. The van der Waals surface area contributed by atoms with Gasteiger partial charge in [0.1, 0.15) is 0 Å². The van der Waals surface area contributed by atoms with Crippen molar-refractivity contribution in [1.82, 2.24) is 0 Å². The first-order valence-electron chi connectivity index (χ1n) is 8.53. The number of carbonyl (C=O) groups excluding carboxylic acids is 1. The highest BCUT2D eigenvalue weighted by atomic mass is 32.1. The van der Waals surface area contributed by atoms with Gasteiger partial charge in [0.2, 0.25) is 0 Å². The number of hydrogen-bond donors (Lipinski definition) is 1. The maximum Gasteiger partial charge on any atom is 0.338 e. The average Bonchev–Trinajstić information content (AvgIpc) is 2.75. The van der Waals surface area contributed by atoms with Crippen LogP contribution in [0.15, 0.2) is 30.3 Å². The van der Waals surface area contributed by atoms with Crippen molar-refractivity contribution in [2.24, 2.45) is 0 Å². The highest BCUT2D eigenvalue weighted by Crippen LogP contribution is 2.34. The van der Waals surface area contributed by atoms with Crippen LogP contribution in [0.25, 0.3) is 11.1 Å². The predicted octanol–water partition coefficient (Wildman–Crippen LogP) is 5.52. The minimum Gasteiger partial charge on any atom is -0.462 e. The van der Waals surface area contributed by atoms with Gasteiger partial charge in [-0.15, -0.1) is 0 Å². The molecule has 0 heterocycles. The Bertz CT molecular complexity index is 621. The van der Waals surface area contributed by atoms with Gasteiger partial charge >= 0.3 is 5.97 Å². The lowest BCUT2D eigenvalue weighted by atomic mass is 10.0. The first kappa shape index (κ1) is 17.9. The van der Waals surface area contributed by atoms with E-state index in [-0.39, 0.29) is 5.97 Å². The molecule has 3 heteroatoms. The molecule has 124 valence electrons. The molecule has 23 heavy (non-hydrogen) atoms. The second-order valence-corrected chi connectivity index (χ2v) is 6.16. The summed E-state index contributed by atoms with van der Waals surface area (Å²) in [5.74, 6) is 0.466. The van der Waals surface area contributed by atoms with Crippen molar-refractivity contribution in [2.75, 3.05) is 6.61 Å². The monoisotopic (exact) mass is 330 g/mol. The molecule has 2 nitrogen and oxygen atoms in total. The van der Waals surface area contributed by atoms with E-state index in [0.29, 0.717) is 17.9 Å². The molecule has 0 spiro atoms. The van der Waals surface area contributed by atoms with Gasteiger partial charge in [-0.05, 0) is 48.1 Å². The molecule has 0 N–H and O–H groups in total. The lowest BCUT2D eigenvalue weighted by molar-refractivity contribution is 0.0527. The quantitative estimate of drug-likeness (QED) is 0.392. The van der Waals surface area contributed by atoms with Crippen molar-refractivity contribution in [3.05, 3.63) is 47.0 Å². The van der Waals surface area contributed by atoms with E-state index >= 15 is 0 Å². The van der Waals surface area contributed by atoms with Crippen molar-refractivity contribution in [1.29, 1.82) is 0 Å². The maximum atomic E-state index is 12.3. The Hall–Kier alpha value is -1.48. The van der Waals surface area contributed by atoms with Crippen molar-refractivity contribution >= 4 is 18.6 Å². The summed E-state index contributed by atoms with van der Waals surface area (Å²) in [6.07, 6.45) is 5.90. The van der Waals surface area contributed by atoms with Gasteiger partial charge in [0.15, 0.2) is 0 Å². The third-order valence-corrected chi connectivity index (χ3v) is 4.52. The molecule has 0 saturated heterocycles. The Morgan fingerprint density at radius 3 is 2.43 bits per heavy atom. The van der Waals surface area contributed by atoms with Crippen LogP contribution in [0.5, 0.6) is 0 Å². The Morgan fingerprint density at radius 2 is 1.78 bits per heavy atom. The third kappa shape index (κ3) is 4.51. The van der Waals surface area contributed by atoms with Crippen LogP contribution in [-0.2, 0) is 16.9 Å². The van der Waals surface area contributed by atoms with Gasteiger partial charge in [0.25, 0.3) is 0 Å². The van der Waals surface area contributed by atoms with Crippen LogP contribution in [0, 0.1) is 0 Å². The third-order valence-electron chi connectivity index (χ3n) is 4.15. The molecule has 2 aliphatic rings. The minimum absolute atomic E-state index is 0.226. The molecule has 2 aliphatic carbocycles. The molecule has 0 amide bonds. The van der Waals surface area contributed by atoms with Crippen molar-refractivity contribution in [3.63, 3.8) is 0 Å². The Labute approximate surface area is 145 Å². The fourth-order valence-electron chi connectivity index (χ4n) is 2.89. The summed E-state index contributed by atoms with van der Waals surface area (Å²) in [4.78, 5) is 12.3. The summed E-state index contributed by atoms with van der Waals surface area (Å²) in [6.45, 7) is 4.46. The highest BCUT2D eigenvalue weighted by Gasteiger charge is 2.20. The van der Waals surface area contributed by atoms with E-state index in [2.05, 4.69) is 31.7 Å². The van der Waals surface area contributed by atoms with Gasteiger partial charge in [-0.3, -0.25) is 0 Å². The number of aryl methyl sites for hydroxylation is 1. The van der Waals surface area contributed by atoms with Crippen LogP contribution in [0.4, 0.5) is 0 Å². The number of thiol groups is 1. The first-order valence-corrected chi connectivity index (χ1v) is 9.17. The van der Waals surface area contributed by atoms with Crippen molar-refractivity contribution in [3.8, 4) is 11.1 Å². The summed E-state index contributed by atoms with van der Waals surface area (Å²) >= 11 is 4.35. The summed E-state index contributed by atoms with van der Waals surface area (Å²) in [5, 5.41) is 0. The second-order valence-electron chi connectivity index (χ2n) is 5.84. The molecule has 0 radical (unpaired) electrons. The van der Waals surface area contributed by atoms with Crippen LogP contribution in [-0.4, -0.2) is 12.6 Å². The molecule has 0 atom stereocenters. The Kier molecular flexibility index (Phi) is 6.97. The smallest absolute Gasteiger partial charge is 0.338 e. The van der Waals surface area contributed by atoms with E-state index in [1.54, 1.807) is 0 Å². The van der Waals surface area contributed by atoms with E-state index < -0.39 is 0 Å². The predicted molar refractivity (Wildman–Crippen MR) is 99.6 cm³/mol. The zero-order chi connectivity index (χ0) is 16.7. The van der Waals surface area contributed by atoms with Crippen LogP contribution < -0.4 is 0 Å². The summed E-state index contributed by atoms with van der Waals surface area (Å²) in [5.41, 5.74) is 5.24. The van der Waals surface area contributed by atoms with Gasteiger partial charge < -0.3 is 4.74 Å². The van der Waals surface area contributed by atoms with Crippen LogP contribution >= 0.6 is 12.6 Å². The lowest BCUT2D eigenvalue weighted by Crippen LogP contribution is -2.03. The first-order chi connectivity index (χ1) is 11.2. The topological polar surface area (TPSA) is 26.3 Å². The van der Waals surface area contributed by atoms with Crippen molar-refractivity contribution in [2.45, 2.75) is 51.7 Å². The number of hydrogen-bond acceptors (Lipinski definition) is 3. The summed E-state index contributed by atoms with van der Waals surface area (Å²) < 4.78 is 5.23. The molecule has 0 saturated carbocycles. The molecule has 0 aromatic rings. The van der Waals surface area contributed by atoms with Crippen LogP contribution in [0.2, 0.25) is 0 Å². The SMILES string of the molecule is CCCCCCc1cc(C(=O)OCC)c2ccc(CS)ccc1-2. The molecular formula is C20H26O2S.